The highest BCUT2D eigenvalue weighted by molar-refractivity contribution is 7.16. The molecule has 0 spiro atoms. The van der Waals surface area contributed by atoms with Gasteiger partial charge in [0.05, 0.1) is 18.2 Å². The lowest BCUT2D eigenvalue weighted by Gasteiger charge is -2.08. The Morgan fingerprint density at radius 2 is 2.05 bits per heavy atom. The molecule has 0 saturated carbocycles. The maximum absolute atomic E-state index is 6.04. The SMILES string of the molecule is CCc1nc(-c2ccc3c(c2)OCCCO3)c(N)s1. The van der Waals surface area contributed by atoms with E-state index in [-0.39, 0.29) is 0 Å². The van der Waals surface area contributed by atoms with Crippen LogP contribution in [0, 0.1) is 0 Å². The molecule has 0 aliphatic carbocycles. The van der Waals surface area contributed by atoms with E-state index in [4.69, 9.17) is 15.2 Å². The molecule has 1 aliphatic rings. The van der Waals surface area contributed by atoms with Gasteiger partial charge >= 0.3 is 0 Å². The van der Waals surface area contributed by atoms with Crippen LogP contribution in [0.5, 0.6) is 11.5 Å². The van der Waals surface area contributed by atoms with Crippen molar-refractivity contribution in [3.63, 3.8) is 0 Å². The highest BCUT2D eigenvalue weighted by Gasteiger charge is 2.15. The fourth-order valence-electron chi connectivity index (χ4n) is 2.05. The molecule has 0 amide bonds. The highest BCUT2D eigenvalue weighted by Crippen LogP contribution is 2.37. The van der Waals surface area contributed by atoms with Gasteiger partial charge in [-0.1, -0.05) is 6.92 Å². The number of hydrogen-bond donors (Lipinski definition) is 1. The number of aromatic nitrogens is 1. The van der Waals surface area contributed by atoms with Crippen molar-refractivity contribution in [3.8, 4) is 22.8 Å². The Kier molecular flexibility index (Phi) is 3.29. The summed E-state index contributed by atoms with van der Waals surface area (Å²) in [7, 11) is 0. The van der Waals surface area contributed by atoms with Gasteiger partial charge in [-0.25, -0.2) is 4.98 Å². The molecule has 0 atom stereocenters. The molecule has 0 radical (unpaired) electrons. The van der Waals surface area contributed by atoms with Gasteiger partial charge in [0.2, 0.25) is 0 Å². The minimum atomic E-state index is 0.684. The Hall–Kier alpha value is -1.75. The molecule has 2 aromatic rings. The van der Waals surface area contributed by atoms with Crippen molar-refractivity contribution in [2.24, 2.45) is 0 Å². The van der Waals surface area contributed by atoms with Crippen LogP contribution < -0.4 is 15.2 Å². The maximum atomic E-state index is 6.04. The summed E-state index contributed by atoms with van der Waals surface area (Å²) < 4.78 is 11.3. The Labute approximate surface area is 116 Å². The smallest absolute Gasteiger partial charge is 0.161 e. The monoisotopic (exact) mass is 276 g/mol. The number of ether oxygens (including phenoxy) is 2. The van der Waals surface area contributed by atoms with Gasteiger partial charge in [0.15, 0.2) is 11.5 Å². The van der Waals surface area contributed by atoms with Crippen molar-refractivity contribution in [1.29, 1.82) is 0 Å². The Morgan fingerprint density at radius 3 is 2.79 bits per heavy atom. The Morgan fingerprint density at radius 1 is 1.26 bits per heavy atom. The van der Waals surface area contributed by atoms with Crippen LogP contribution in [0.25, 0.3) is 11.3 Å². The van der Waals surface area contributed by atoms with Crippen LogP contribution in [-0.2, 0) is 6.42 Å². The quantitative estimate of drug-likeness (QED) is 0.915. The topological polar surface area (TPSA) is 57.4 Å². The van der Waals surface area contributed by atoms with Gasteiger partial charge in [-0.3, -0.25) is 0 Å². The second-order valence-electron chi connectivity index (χ2n) is 4.39. The van der Waals surface area contributed by atoms with Gasteiger partial charge < -0.3 is 15.2 Å². The number of fused-ring (bicyclic) bond motifs is 1. The van der Waals surface area contributed by atoms with Gasteiger partial charge in [-0.2, -0.15) is 0 Å². The molecule has 1 aliphatic heterocycles. The van der Waals surface area contributed by atoms with Crippen molar-refractivity contribution in [1.82, 2.24) is 4.98 Å². The predicted octanol–water partition coefficient (Wildman–Crippen LogP) is 3.12. The van der Waals surface area contributed by atoms with Crippen molar-refractivity contribution in [2.75, 3.05) is 18.9 Å². The van der Waals surface area contributed by atoms with E-state index < -0.39 is 0 Å². The number of thiazole rings is 1. The molecule has 0 fully saturated rings. The molecule has 0 bridgehead atoms. The molecule has 0 unspecified atom stereocenters. The first-order valence-electron chi connectivity index (χ1n) is 6.43. The Bertz CT molecular complexity index is 595. The molecule has 1 aromatic heterocycles. The first-order chi connectivity index (χ1) is 9.28. The fourth-order valence-corrected chi connectivity index (χ4v) is 2.84. The summed E-state index contributed by atoms with van der Waals surface area (Å²) in [6.45, 7) is 3.46. The third-order valence-corrected chi connectivity index (χ3v) is 4.05. The van der Waals surface area contributed by atoms with E-state index in [1.54, 1.807) is 11.3 Å². The number of aryl methyl sites for hydroxylation is 1. The van der Waals surface area contributed by atoms with Crippen LogP contribution in [0.4, 0.5) is 5.00 Å². The van der Waals surface area contributed by atoms with Crippen LogP contribution in [0.15, 0.2) is 18.2 Å². The van der Waals surface area contributed by atoms with E-state index in [0.29, 0.717) is 13.2 Å². The molecule has 0 saturated heterocycles. The van der Waals surface area contributed by atoms with Gasteiger partial charge in [0, 0.05) is 12.0 Å². The van der Waals surface area contributed by atoms with Crippen LogP contribution in [0.3, 0.4) is 0 Å². The van der Waals surface area contributed by atoms with E-state index in [0.717, 1.165) is 45.6 Å². The summed E-state index contributed by atoms with van der Waals surface area (Å²) >= 11 is 1.55. The summed E-state index contributed by atoms with van der Waals surface area (Å²) in [5, 5.41) is 1.81. The molecule has 1 aromatic carbocycles. The zero-order chi connectivity index (χ0) is 13.2. The molecular weight excluding hydrogens is 260 g/mol. The molecule has 100 valence electrons. The first-order valence-corrected chi connectivity index (χ1v) is 7.24. The average molecular weight is 276 g/mol. The second-order valence-corrected chi connectivity index (χ2v) is 5.50. The number of hydrogen-bond acceptors (Lipinski definition) is 5. The van der Waals surface area contributed by atoms with Gasteiger partial charge in [0.25, 0.3) is 0 Å². The van der Waals surface area contributed by atoms with Crippen molar-refractivity contribution >= 4 is 16.3 Å². The van der Waals surface area contributed by atoms with Crippen LogP contribution in [0.1, 0.15) is 18.4 Å². The number of nitrogen functional groups attached to an aromatic ring is 1. The lowest BCUT2D eigenvalue weighted by Crippen LogP contribution is -1.97. The van der Waals surface area contributed by atoms with E-state index >= 15 is 0 Å². The zero-order valence-electron chi connectivity index (χ0n) is 10.8. The molecule has 4 nitrogen and oxygen atoms in total. The van der Waals surface area contributed by atoms with E-state index in [1.807, 2.05) is 18.2 Å². The predicted molar refractivity (Wildman–Crippen MR) is 76.9 cm³/mol. The van der Waals surface area contributed by atoms with E-state index in [9.17, 15) is 0 Å². The summed E-state index contributed by atoms with van der Waals surface area (Å²) in [5.41, 5.74) is 7.87. The standard InChI is InChI=1S/C14H16N2O2S/c1-2-12-16-13(14(15)19-12)9-4-5-10-11(8-9)18-7-3-6-17-10/h4-5,8H,2-3,6-7,15H2,1H3. The number of benzene rings is 1. The van der Waals surface area contributed by atoms with Crippen LogP contribution >= 0.6 is 11.3 Å². The maximum Gasteiger partial charge on any atom is 0.161 e. The summed E-state index contributed by atoms with van der Waals surface area (Å²) in [4.78, 5) is 4.57. The normalized spacial score (nSPS) is 14.2. The van der Waals surface area contributed by atoms with E-state index in [2.05, 4.69) is 11.9 Å². The fraction of sp³-hybridized carbons (Fsp3) is 0.357. The highest BCUT2D eigenvalue weighted by atomic mass is 32.1. The summed E-state index contributed by atoms with van der Waals surface area (Å²) in [6, 6.07) is 5.88. The van der Waals surface area contributed by atoms with Crippen LogP contribution in [-0.4, -0.2) is 18.2 Å². The van der Waals surface area contributed by atoms with Gasteiger partial charge in [-0.15, -0.1) is 11.3 Å². The third-order valence-electron chi connectivity index (χ3n) is 3.02. The minimum Gasteiger partial charge on any atom is -0.490 e. The van der Waals surface area contributed by atoms with Gasteiger partial charge in [0.1, 0.15) is 10.7 Å². The number of nitrogens with zero attached hydrogens (tertiary/aromatic N) is 1. The minimum absolute atomic E-state index is 0.684. The Balaban J connectivity index is 2.01. The van der Waals surface area contributed by atoms with E-state index in [1.165, 1.54) is 0 Å². The number of nitrogens with two attached hydrogens (primary N) is 1. The van der Waals surface area contributed by atoms with Gasteiger partial charge in [-0.05, 0) is 24.6 Å². The number of anilines is 1. The van der Waals surface area contributed by atoms with Crippen molar-refractivity contribution < 1.29 is 9.47 Å². The molecule has 2 heterocycles. The second kappa shape index (κ2) is 5.09. The lowest BCUT2D eigenvalue weighted by atomic mass is 10.1. The van der Waals surface area contributed by atoms with Crippen LogP contribution in [0.2, 0.25) is 0 Å². The lowest BCUT2D eigenvalue weighted by molar-refractivity contribution is 0.297. The summed E-state index contributed by atoms with van der Waals surface area (Å²) in [6.07, 6.45) is 1.81. The number of rotatable bonds is 2. The molecule has 3 rings (SSSR count). The third kappa shape index (κ3) is 2.38. The largest absolute Gasteiger partial charge is 0.490 e. The molecule has 2 N–H and O–H groups in total. The van der Waals surface area contributed by atoms with Crippen molar-refractivity contribution in [3.05, 3.63) is 23.2 Å². The molecule has 19 heavy (non-hydrogen) atoms. The molecule has 5 heteroatoms. The first kappa shape index (κ1) is 12.3. The van der Waals surface area contributed by atoms with Crippen molar-refractivity contribution in [2.45, 2.75) is 19.8 Å². The molecular formula is C14H16N2O2S. The average Bonchev–Trinajstić information content (AvgIpc) is 2.66. The summed E-state index contributed by atoms with van der Waals surface area (Å²) in [5.74, 6) is 1.58. The zero-order valence-corrected chi connectivity index (χ0v) is 11.6.